The number of aliphatic hydroxyl groups excluding tert-OH is 1. The monoisotopic (exact) mass is 336 g/mol. The van der Waals surface area contributed by atoms with Crippen LogP contribution in [0.4, 0.5) is 4.39 Å². The zero-order chi connectivity index (χ0) is 16.6. The van der Waals surface area contributed by atoms with E-state index in [9.17, 15) is 14.3 Å². The summed E-state index contributed by atoms with van der Waals surface area (Å²) in [6.07, 6.45) is -0.356. The smallest absolute Gasteiger partial charge is 0.264 e. The highest BCUT2D eigenvalue weighted by atomic mass is 32.1. The Balaban J connectivity index is 1.77. The van der Waals surface area contributed by atoms with E-state index in [1.165, 1.54) is 17.4 Å². The van der Waals surface area contributed by atoms with Gasteiger partial charge in [0, 0.05) is 42.8 Å². The third kappa shape index (κ3) is 3.24. The molecule has 1 aliphatic rings. The molecule has 2 heterocycles. The minimum atomic E-state index is -0.356. The number of carbonyl (C=O) groups is 1. The first-order valence-electron chi connectivity index (χ1n) is 7.84. The number of β-amino-alcohol motifs (C(OH)–C–C–N with tert-alkyl or cyclic N) is 1. The number of halogens is 1. The highest BCUT2D eigenvalue weighted by Crippen LogP contribution is 2.33. The summed E-state index contributed by atoms with van der Waals surface area (Å²) in [6, 6.07) is 4.97. The molecule has 124 valence electrons. The fraction of sp³-hybridized carbons (Fsp3) is 0.471. The van der Waals surface area contributed by atoms with Crippen molar-refractivity contribution in [2.24, 2.45) is 0 Å². The molecule has 0 radical (unpaired) electrons. The predicted molar refractivity (Wildman–Crippen MR) is 90.5 cm³/mol. The first-order chi connectivity index (χ1) is 11.0. The third-order valence-corrected chi connectivity index (χ3v) is 5.52. The van der Waals surface area contributed by atoms with E-state index >= 15 is 0 Å². The van der Waals surface area contributed by atoms with Crippen LogP contribution in [0.5, 0.6) is 0 Å². The van der Waals surface area contributed by atoms with E-state index in [-0.39, 0.29) is 17.8 Å². The molecule has 1 aromatic carbocycles. The van der Waals surface area contributed by atoms with Gasteiger partial charge in [-0.05, 0) is 31.5 Å². The first kappa shape index (κ1) is 16.4. The van der Waals surface area contributed by atoms with Crippen molar-refractivity contribution in [3.05, 3.63) is 34.5 Å². The Morgan fingerprint density at radius 1 is 1.35 bits per heavy atom. The van der Waals surface area contributed by atoms with Crippen LogP contribution in [0.1, 0.15) is 22.2 Å². The number of fused-ring (bicyclic) bond motifs is 1. The zero-order valence-corrected chi connectivity index (χ0v) is 14.2. The van der Waals surface area contributed by atoms with Crippen molar-refractivity contribution >= 4 is 27.3 Å². The molecule has 1 N–H and O–H groups in total. The third-order valence-electron chi connectivity index (χ3n) is 4.28. The highest BCUT2D eigenvalue weighted by molar-refractivity contribution is 7.21. The molecule has 0 bridgehead atoms. The standard InChI is InChI=1S/C17H21FN2O2S/c1-11(21)10-19-6-8-20(9-7-19)17(22)16-12(2)15-13(18)4-3-5-14(15)23-16/h3-5,11,21H,6-10H2,1-2H3. The number of carbonyl (C=O) groups excluding carboxylic acids is 1. The van der Waals surface area contributed by atoms with E-state index in [2.05, 4.69) is 4.90 Å². The van der Waals surface area contributed by atoms with Crippen molar-refractivity contribution in [3.8, 4) is 0 Å². The van der Waals surface area contributed by atoms with Crippen molar-refractivity contribution in [3.63, 3.8) is 0 Å². The van der Waals surface area contributed by atoms with Gasteiger partial charge in [-0.25, -0.2) is 4.39 Å². The number of nitrogens with zero attached hydrogens (tertiary/aromatic N) is 2. The Hall–Kier alpha value is -1.50. The van der Waals surface area contributed by atoms with Gasteiger partial charge in [-0.1, -0.05) is 6.07 Å². The van der Waals surface area contributed by atoms with E-state index in [1.54, 1.807) is 13.0 Å². The molecule has 0 aliphatic carbocycles. The largest absolute Gasteiger partial charge is 0.392 e. The fourth-order valence-corrected chi connectivity index (χ4v) is 4.30. The van der Waals surface area contributed by atoms with Crippen molar-refractivity contribution in [1.82, 2.24) is 9.80 Å². The Labute approximate surface area is 139 Å². The molecule has 3 rings (SSSR count). The van der Waals surface area contributed by atoms with Crippen molar-refractivity contribution < 1.29 is 14.3 Å². The summed E-state index contributed by atoms with van der Waals surface area (Å²) in [4.78, 5) is 17.4. The molecular formula is C17H21FN2O2S. The topological polar surface area (TPSA) is 43.8 Å². The number of rotatable bonds is 3. The van der Waals surface area contributed by atoms with E-state index in [1.807, 2.05) is 17.9 Å². The van der Waals surface area contributed by atoms with Gasteiger partial charge in [0.2, 0.25) is 0 Å². The summed E-state index contributed by atoms with van der Waals surface area (Å²) in [7, 11) is 0. The van der Waals surface area contributed by atoms with Crippen LogP contribution in [0.3, 0.4) is 0 Å². The van der Waals surface area contributed by atoms with Crippen molar-refractivity contribution in [2.75, 3.05) is 32.7 Å². The molecule has 2 aromatic rings. The van der Waals surface area contributed by atoms with Gasteiger partial charge < -0.3 is 10.0 Å². The summed E-state index contributed by atoms with van der Waals surface area (Å²) in [6.45, 7) is 7.02. The second kappa shape index (κ2) is 6.55. The molecular weight excluding hydrogens is 315 g/mol. The molecule has 4 nitrogen and oxygen atoms in total. The van der Waals surface area contributed by atoms with Crippen LogP contribution in [-0.4, -0.2) is 59.6 Å². The number of piperazine rings is 1. The van der Waals surface area contributed by atoms with Gasteiger partial charge in [-0.2, -0.15) is 0 Å². The van der Waals surface area contributed by atoms with Crippen LogP contribution in [0.15, 0.2) is 18.2 Å². The molecule has 1 atom stereocenters. The van der Waals surface area contributed by atoms with Gasteiger partial charge in [0.05, 0.1) is 11.0 Å². The van der Waals surface area contributed by atoms with E-state index in [0.717, 1.165) is 23.4 Å². The lowest BCUT2D eigenvalue weighted by Gasteiger charge is -2.35. The number of aryl methyl sites for hydroxylation is 1. The fourth-order valence-electron chi connectivity index (χ4n) is 3.11. The lowest BCUT2D eigenvalue weighted by atomic mass is 10.1. The average molecular weight is 336 g/mol. The molecule has 0 spiro atoms. The molecule has 1 aliphatic heterocycles. The van der Waals surface area contributed by atoms with Crippen LogP contribution in [-0.2, 0) is 0 Å². The number of hydrogen-bond donors (Lipinski definition) is 1. The first-order valence-corrected chi connectivity index (χ1v) is 8.66. The number of hydrogen-bond acceptors (Lipinski definition) is 4. The van der Waals surface area contributed by atoms with E-state index in [0.29, 0.717) is 29.9 Å². The summed E-state index contributed by atoms with van der Waals surface area (Å²) in [5.74, 6) is -0.281. The second-order valence-corrected chi connectivity index (χ2v) is 7.16. The SMILES string of the molecule is Cc1c(C(=O)N2CCN(CC(C)O)CC2)sc2cccc(F)c12. The molecule has 1 fully saturated rings. The Kier molecular flexibility index (Phi) is 4.66. The number of benzene rings is 1. The molecule has 6 heteroatoms. The molecule has 23 heavy (non-hydrogen) atoms. The molecule has 0 saturated carbocycles. The second-order valence-electron chi connectivity index (χ2n) is 6.11. The van der Waals surface area contributed by atoms with Gasteiger partial charge in [-0.3, -0.25) is 9.69 Å². The minimum absolute atomic E-state index is 0.0141. The highest BCUT2D eigenvalue weighted by Gasteiger charge is 2.26. The Morgan fingerprint density at radius 2 is 2.04 bits per heavy atom. The number of thiophene rings is 1. The van der Waals surface area contributed by atoms with Gasteiger partial charge in [-0.15, -0.1) is 11.3 Å². The molecule has 1 amide bonds. The maximum atomic E-state index is 14.0. The summed E-state index contributed by atoms with van der Waals surface area (Å²) in [5.41, 5.74) is 0.736. The van der Waals surface area contributed by atoms with Crippen LogP contribution >= 0.6 is 11.3 Å². The quantitative estimate of drug-likeness (QED) is 0.936. The van der Waals surface area contributed by atoms with Crippen LogP contribution in [0.25, 0.3) is 10.1 Å². The normalized spacial score (nSPS) is 17.7. The van der Waals surface area contributed by atoms with Crippen LogP contribution in [0.2, 0.25) is 0 Å². The zero-order valence-electron chi connectivity index (χ0n) is 13.4. The lowest BCUT2D eigenvalue weighted by molar-refractivity contribution is 0.0557. The Morgan fingerprint density at radius 3 is 2.65 bits per heavy atom. The maximum absolute atomic E-state index is 14.0. The molecule has 1 aromatic heterocycles. The summed E-state index contributed by atoms with van der Waals surface area (Å²) in [5, 5.41) is 10.0. The maximum Gasteiger partial charge on any atom is 0.264 e. The van der Waals surface area contributed by atoms with Crippen LogP contribution in [0, 0.1) is 12.7 Å². The van der Waals surface area contributed by atoms with Crippen molar-refractivity contribution in [2.45, 2.75) is 20.0 Å². The minimum Gasteiger partial charge on any atom is -0.392 e. The summed E-state index contributed by atoms with van der Waals surface area (Å²) < 4.78 is 14.8. The number of aliphatic hydroxyl groups is 1. The number of amides is 1. The summed E-state index contributed by atoms with van der Waals surface area (Å²) >= 11 is 1.37. The molecule has 1 unspecified atom stereocenters. The Bertz CT molecular complexity index is 721. The van der Waals surface area contributed by atoms with E-state index < -0.39 is 0 Å². The molecule has 1 saturated heterocycles. The average Bonchev–Trinajstić information content (AvgIpc) is 2.85. The lowest BCUT2D eigenvalue weighted by Crippen LogP contribution is -2.50. The van der Waals surface area contributed by atoms with Gasteiger partial charge >= 0.3 is 0 Å². The van der Waals surface area contributed by atoms with Gasteiger partial charge in [0.15, 0.2) is 0 Å². The predicted octanol–water partition coefficient (Wildman–Crippen LogP) is 2.49. The van der Waals surface area contributed by atoms with Crippen LogP contribution < -0.4 is 0 Å². The van der Waals surface area contributed by atoms with E-state index in [4.69, 9.17) is 0 Å². The van der Waals surface area contributed by atoms with Crippen molar-refractivity contribution in [1.29, 1.82) is 0 Å². The van der Waals surface area contributed by atoms with Gasteiger partial charge in [0.1, 0.15) is 5.82 Å². The van der Waals surface area contributed by atoms with Gasteiger partial charge in [0.25, 0.3) is 5.91 Å².